The van der Waals surface area contributed by atoms with E-state index in [2.05, 4.69) is 33.1 Å². The fourth-order valence-corrected chi connectivity index (χ4v) is 4.64. The lowest BCUT2D eigenvalue weighted by molar-refractivity contribution is 0.0993. The largest absolute Gasteiger partial charge is 0.298 e. The Morgan fingerprint density at radius 3 is 2.69 bits per heavy atom. The van der Waals surface area contributed by atoms with Crippen LogP contribution >= 0.6 is 23.1 Å². The molecule has 2 aromatic heterocycles. The lowest BCUT2D eigenvalue weighted by atomic mass is 10.0. The maximum atomic E-state index is 12.9. The number of carbonyl (C=O) groups is 1. The summed E-state index contributed by atoms with van der Waals surface area (Å²) in [6.45, 7) is 6.06. The van der Waals surface area contributed by atoms with Crippen LogP contribution in [0, 0.1) is 13.8 Å². The molecule has 1 aromatic carbocycles. The molecule has 0 saturated heterocycles. The monoisotopic (exact) mass is 383 g/mol. The molecule has 1 atom stereocenters. The molecule has 6 heteroatoms. The molecular formula is C20H21N3OS2. The van der Waals surface area contributed by atoms with Gasteiger partial charge in [0.25, 0.3) is 0 Å². The molecule has 0 N–H and O–H groups in total. The first-order chi connectivity index (χ1) is 12.5. The second-order valence-electron chi connectivity index (χ2n) is 6.81. The van der Waals surface area contributed by atoms with E-state index in [0.717, 1.165) is 39.8 Å². The summed E-state index contributed by atoms with van der Waals surface area (Å²) in [5.41, 5.74) is 3.12. The number of aryl methyl sites for hydroxylation is 2. The molecule has 1 fully saturated rings. The van der Waals surface area contributed by atoms with Crippen molar-refractivity contribution in [3.05, 3.63) is 52.4 Å². The molecule has 0 radical (unpaired) electrons. The molecule has 0 amide bonds. The van der Waals surface area contributed by atoms with Crippen molar-refractivity contribution < 1.29 is 4.79 Å². The molecule has 1 aliphatic rings. The Morgan fingerprint density at radius 1 is 1.23 bits per heavy atom. The summed E-state index contributed by atoms with van der Waals surface area (Å²) in [6, 6.07) is 10.5. The minimum Gasteiger partial charge on any atom is -0.298 e. The van der Waals surface area contributed by atoms with Gasteiger partial charge in [-0.15, -0.1) is 21.5 Å². The van der Waals surface area contributed by atoms with Gasteiger partial charge in [-0.05, 0) is 62.3 Å². The van der Waals surface area contributed by atoms with Crippen LogP contribution < -0.4 is 0 Å². The molecule has 1 aliphatic carbocycles. The number of hydrogen-bond acceptors (Lipinski definition) is 5. The topological polar surface area (TPSA) is 47.8 Å². The van der Waals surface area contributed by atoms with Gasteiger partial charge in [-0.3, -0.25) is 9.36 Å². The summed E-state index contributed by atoms with van der Waals surface area (Å²) >= 11 is 3.19. The van der Waals surface area contributed by atoms with Crippen LogP contribution in [0.5, 0.6) is 0 Å². The van der Waals surface area contributed by atoms with Gasteiger partial charge in [0.15, 0.2) is 16.8 Å². The van der Waals surface area contributed by atoms with Crippen molar-refractivity contribution >= 4 is 28.9 Å². The second kappa shape index (κ2) is 7.00. The molecule has 4 nitrogen and oxygen atoms in total. The van der Waals surface area contributed by atoms with E-state index < -0.39 is 0 Å². The van der Waals surface area contributed by atoms with Gasteiger partial charge < -0.3 is 0 Å². The van der Waals surface area contributed by atoms with Gasteiger partial charge >= 0.3 is 0 Å². The molecule has 4 rings (SSSR count). The summed E-state index contributed by atoms with van der Waals surface area (Å²) in [7, 11) is 0. The van der Waals surface area contributed by atoms with Gasteiger partial charge in [-0.2, -0.15) is 0 Å². The van der Waals surface area contributed by atoms with Crippen molar-refractivity contribution in [2.45, 2.75) is 50.1 Å². The molecule has 0 aliphatic heterocycles. The average Bonchev–Trinajstić information content (AvgIpc) is 3.16. The van der Waals surface area contributed by atoms with E-state index in [1.165, 1.54) is 17.3 Å². The standard InChI is InChI=1S/C20H21N3OS2/c1-12-6-7-15(11-13(12)2)18(24)14(3)26-20-22-21-19(17-5-4-10-25-17)23(20)16-8-9-16/h4-7,10-11,14,16H,8-9H2,1-3H3/t14-/m1/s1. The quantitative estimate of drug-likeness (QED) is 0.427. The van der Waals surface area contributed by atoms with Crippen molar-refractivity contribution in [1.82, 2.24) is 14.8 Å². The van der Waals surface area contributed by atoms with Crippen molar-refractivity contribution in [3.63, 3.8) is 0 Å². The van der Waals surface area contributed by atoms with Crippen LogP contribution in [0.2, 0.25) is 0 Å². The zero-order chi connectivity index (χ0) is 18.3. The van der Waals surface area contributed by atoms with Crippen molar-refractivity contribution in [2.24, 2.45) is 0 Å². The first-order valence-corrected chi connectivity index (χ1v) is 10.6. The Morgan fingerprint density at radius 2 is 2.04 bits per heavy atom. The van der Waals surface area contributed by atoms with Crippen molar-refractivity contribution in [3.8, 4) is 10.7 Å². The van der Waals surface area contributed by atoms with Crippen molar-refractivity contribution in [2.75, 3.05) is 0 Å². The molecule has 0 spiro atoms. The number of aromatic nitrogens is 3. The van der Waals surface area contributed by atoms with E-state index in [4.69, 9.17) is 0 Å². The van der Waals surface area contributed by atoms with Gasteiger partial charge in [-0.25, -0.2) is 0 Å². The Labute approximate surface area is 161 Å². The summed E-state index contributed by atoms with van der Waals surface area (Å²) in [5.74, 6) is 1.07. The number of ketones is 1. The van der Waals surface area contributed by atoms with Crippen LogP contribution in [0.25, 0.3) is 10.7 Å². The lowest BCUT2D eigenvalue weighted by Crippen LogP contribution is -2.15. The third-order valence-electron chi connectivity index (χ3n) is 4.76. The number of nitrogens with zero attached hydrogens (tertiary/aromatic N) is 3. The number of thiophene rings is 1. The Bertz CT molecular complexity index is 942. The Hall–Kier alpha value is -1.92. The smallest absolute Gasteiger partial charge is 0.192 e. The number of hydrogen-bond donors (Lipinski definition) is 0. The third-order valence-corrected chi connectivity index (χ3v) is 6.68. The van der Waals surface area contributed by atoms with E-state index in [1.807, 2.05) is 38.1 Å². The molecule has 26 heavy (non-hydrogen) atoms. The first kappa shape index (κ1) is 17.5. The summed E-state index contributed by atoms with van der Waals surface area (Å²) in [4.78, 5) is 14.0. The molecule has 0 unspecified atom stereocenters. The summed E-state index contributed by atoms with van der Waals surface area (Å²) in [6.07, 6.45) is 2.31. The van der Waals surface area contributed by atoms with Gasteiger partial charge in [0.1, 0.15) is 0 Å². The van der Waals surface area contributed by atoms with Crippen LogP contribution in [0.3, 0.4) is 0 Å². The van der Waals surface area contributed by atoms with E-state index in [-0.39, 0.29) is 11.0 Å². The van der Waals surface area contributed by atoms with Crippen LogP contribution in [0.4, 0.5) is 0 Å². The molecule has 1 saturated carbocycles. The normalized spacial score (nSPS) is 15.2. The number of Topliss-reactive ketones (excluding diaryl/α,β-unsaturated/α-hetero) is 1. The van der Waals surface area contributed by atoms with E-state index >= 15 is 0 Å². The maximum Gasteiger partial charge on any atom is 0.192 e. The lowest BCUT2D eigenvalue weighted by Gasteiger charge is -2.13. The second-order valence-corrected chi connectivity index (χ2v) is 9.06. The predicted molar refractivity (Wildman–Crippen MR) is 107 cm³/mol. The number of rotatable bonds is 6. The predicted octanol–water partition coefficient (Wildman–Crippen LogP) is 5.32. The number of benzene rings is 1. The van der Waals surface area contributed by atoms with Gasteiger partial charge in [0.2, 0.25) is 0 Å². The van der Waals surface area contributed by atoms with Gasteiger partial charge in [0, 0.05) is 11.6 Å². The third kappa shape index (κ3) is 3.35. The van der Waals surface area contributed by atoms with E-state index in [0.29, 0.717) is 6.04 Å². The van der Waals surface area contributed by atoms with Gasteiger partial charge in [-0.1, -0.05) is 30.0 Å². The molecule has 0 bridgehead atoms. The van der Waals surface area contributed by atoms with Crippen LogP contribution in [0.1, 0.15) is 47.3 Å². The number of carbonyl (C=O) groups excluding carboxylic acids is 1. The highest BCUT2D eigenvalue weighted by atomic mass is 32.2. The van der Waals surface area contributed by atoms with Crippen LogP contribution in [-0.2, 0) is 0 Å². The molecule has 3 aromatic rings. The highest BCUT2D eigenvalue weighted by molar-refractivity contribution is 8.00. The number of thioether (sulfide) groups is 1. The highest BCUT2D eigenvalue weighted by Crippen LogP contribution is 2.42. The minimum absolute atomic E-state index is 0.140. The van der Waals surface area contributed by atoms with E-state index in [9.17, 15) is 4.79 Å². The highest BCUT2D eigenvalue weighted by Gasteiger charge is 2.31. The molecule has 2 heterocycles. The first-order valence-electron chi connectivity index (χ1n) is 8.81. The Kier molecular flexibility index (Phi) is 4.71. The van der Waals surface area contributed by atoms with E-state index in [1.54, 1.807) is 11.3 Å². The SMILES string of the molecule is Cc1ccc(C(=O)[C@@H](C)Sc2nnc(-c3cccs3)n2C2CC2)cc1C. The fourth-order valence-electron chi connectivity index (χ4n) is 2.93. The van der Waals surface area contributed by atoms with Crippen LogP contribution in [0.15, 0.2) is 40.9 Å². The van der Waals surface area contributed by atoms with Gasteiger partial charge in [0.05, 0.1) is 10.1 Å². The average molecular weight is 384 g/mol. The fraction of sp³-hybridized carbons (Fsp3) is 0.350. The maximum absolute atomic E-state index is 12.9. The van der Waals surface area contributed by atoms with Crippen molar-refractivity contribution in [1.29, 1.82) is 0 Å². The zero-order valence-corrected chi connectivity index (χ0v) is 16.7. The zero-order valence-electron chi connectivity index (χ0n) is 15.1. The summed E-state index contributed by atoms with van der Waals surface area (Å²) < 4.78 is 2.22. The molecular weight excluding hydrogens is 362 g/mol. The molecule has 134 valence electrons. The summed E-state index contributed by atoms with van der Waals surface area (Å²) in [5, 5.41) is 11.5. The Balaban J connectivity index is 1.59. The minimum atomic E-state index is -0.199. The van der Waals surface area contributed by atoms with Crippen LogP contribution in [-0.4, -0.2) is 25.8 Å².